The lowest BCUT2D eigenvalue weighted by Crippen LogP contribution is -2.29. The van der Waals surface area contributed by atoms with E-state index in [1.165, 1.54) is 6.26 Å². The van der Waals surface area contributed by atoms with Crippen molar-refractivity contribution in [3.8, 4) is 5.75 Å². The summed E-state index contributed by atoms with van der Waals surface area (Å²) in [6.45, 7) is 6.67. The number of rotatable bonds is 6. The molecule has 0 aliphatic carbocycles. The van der Waals surface area contributed by atoms with Gasteiger partial charge in [0.15, 0.2) is 17.3 Å². The Bertz CT molecular complexity index is 1000. The van der Waals surface area contributed by atoms with Gasteiger partial charge >= 0.3 is 0 Å². The molecule has 1 aliphatic rings. The van der Waals surface area contributed by atoms with Crippen LogP contribution in [0, 0.1) is 12.7 Å². The number of fused-ring (bicyclic) bond motifs is 1. The highest BCUT2D eigenvalue weighted by Crippen LogP contribution is 2.28. The van der Waals surface area contributed by atoms with E-state index in [2.05, 4.69) is 15.3 Å². The first kappa shape index (κ1) is 20.5. The third-order valence-electron chi connectivity index (χ3n) is 4.34. The first-order chi connectivity index (χ1) is 14.1. The number of H-pyrrole nitrogens is 1. The number of methoxy groups -OCH3 is 1. The summed E-state index contributed by atoms with van der Waals surface area (Å²) < 4.78 is 31.6. The van der Waals surface area contributed by atoms with Gasteiger partial charge in [-0.1, -0.05) is 13.0 Å². The molecule has 0 saturated heterocycles. The maximum Gasteiger partial charge on any atom is 0.225 e. The molecule has 29 heavy (non-hydrogen) atoms. The fraction of sp³-hybridized carbons (Fsp3) is 0.318. The lowest BCUT2D eigenvalue weighted by molar-refractivity contribution is 0.203. The van der Waals surface area contributed by atoms with Crippen molar-refractivity contribution in [2.45, 2.75) is 27.2 Å². The monoisotopic (exact) mass is 399 g/mol. The highest BCUT2D eigenvalue weighted by atomic mass is 19.1. The maximum atomic E-state index is 14.9. The molecule has 2 aromatic rings. The molecule has 6 nitrogen and oxygen atoms in total. The molecule has 2 heterocycles. The molecule has 0 amide bonds. The predicted molar refractivity (Wildman–Crippen MR) is 112 cm³/mol. The average molecular weight is 399 g/mol. The van der Waals surface area contributed by atoms with Gasteiger partial charge in [-0.3, -0.25) is 0 Å². The molecule has 0 unspecified atom stereocenters. The molecule has 2 N–H and O–H groups in total. The Morgan fingerprint density at radius 2 is 2.17 bits per heavy atom. The number of benzene rings is 1. The van der Waals surface area contributed by atoms with Crippen molar-refractivity contribution in [3.05, 3.63) is 65.2 Å². The number of aryl methyl sites for hydroxylation is 1. The minimum Gasteiger partial charge on any atom is -0.501 e. The molecular formula is C22H26FN3O3. The van der Waals surface area contributed by atoms with Crippen molar-refractivity contribution >= 4 is 16.8 Å². The van der Waals surface area contributed by atoms with Gasteiger partial charge in [0.2, 0.25) is 5.90 Å². The Labute approximate surface area is 169 Å². The van der Waals surface area contributed by atoms with E-state index in [1.54, 1.807) is 25.3 Å². The molecule has 1 aromatic heterocycles. The van der Waals surface area contributed by atoms with Crippen molar-refractivity contribution in [3.63, 3.8) is 0 Å². The molecule has 7 heteroatoms. The third kappa shape index (κ3) is 4.62. The van der Waals surface area contributed by atoms with Crippen LogP contribution in [0.2, 0.25) is 0 Å². The maximum absolute atomic E-state index is 14.9. The number of aromatic nitrogens is 1. The van der Waals surface area contributed by atoms with Crippen molar-refractivity contribution in [1.29, 1.82) is 0 Å². The summed E-state index contributed by atoms with van der Waals surface area (Å²) in [5, 5.41) is 3.69. The molecule has 0 saturated carbocycles. The standard InChI is InChI=1S/C22H26FN3O3/c1-5-9-28-15(12-27-4)11-19-16(6-2)22(25-13-24-19)29-20-8-7-18-17(21(20)23)10-14(3)26-18/h6-8,10-12,24,26H,5,9,13H2,1-4H3/b15-12-,16-6+,19-11+. The van der Waals surface area contributed by atoms with Crippen molar-refractivity contribution < 1.29 is 18.6 Å². The Kier molecular flexibility index (Phi) is 6.59. The number of aliphatic imine (C=N–C) groups is 1. The molecular weight excluding hydrogens is 373 g/mol. The van der Waals surface area contributed by atoms with Crippen molar-refractivity contribution in [2.24, 2.45) is 4.99 Å². The third-order valence-corrected chi connectivity index (χ3v) is 4.34. The van der Waals surface area contributed by atoms with E-state index in [0.717, 1.165) is 23.3 Å². The van der Waals surface area contributed by atoms with Crippen LogP contribution in [0.3, 0.4) is 0 Å². The zero-order valence-corrected chi connectivity index (χ0v) is 17.1. The number of halogens is 1. The van der Waals surface area contributed by atoms with E-state index in [9.17, 15) is 4.39 Å². The molecule has 0 atom stereocenters. The number of aromatic amines is 1. The van der Waals surface area contributed by atoms with Crippen LogP contribution in [0.25, 0.3) is 10.9 Å². The van der Waals surface area contributed by atoms with Gasteiger partial charge in [0.05, 0.1) is 25.0 Å². The number of nitrogens with zero attached hydrogens (tertiary/aromatic N) is 1. The summed E-state index contributed by atoms with van der Waals surface area (Å²) in [7, 11) is 1.57. The first-order valence-electron chi connectivity index (χ1n) is 9.55. The largest absolute Gasteiger partial charge is 0.501 e. The van der Waals surface area contributed by atoms with Gasteiger partial charge in [0.1, 0.15) is 12.9 Å². The van der Waals surface area contributed by atoms with Crippen molar-refractivity contribution in [2.75, 3.05) is 20.4 Å². The summed E-state index contributed by atoms with van der Waals surface area (Å²) >= 11 is 0. The number of ether oxygens (including phenoxy) is 3. The topological polar surface area (TPSA) is 67.9 Å². The normalized spacial score (nSPS) is 17.4. The van der Waals surface area contributed by atoms with E-state index in [1.807, 2.05) is 32.9 Å². The van der Waals surface area contributed by atoms with E-state index >= 15 is 0 Å². The molecule has 0 bridgehead atoms. The fourth-order valence-corrected chi connectivity index (χ4v) is 3.05. The van der Waals surface area contributed by atoms with Gasteiger partial charge in [0.25, 0.3) is 0 Å². The fourth-order valence-electron chi connectivity index (χ4n) is 3.05. The summed E-state index contributed by atoms with van der Waals surface area (Å²) in [5.74, 6) is 0.633. The van der Waals surface area contributed by atoms with Gasteiger partial charge in [-0.25, -0.2) is 9.38 Å². The first-order valence-corrected chi connectivity index (χ1v) is 9.55. The van der Waals surface area contributed by atoms with Gasteiger partial charge in [-0.2, -0.15) is 0 Å². The Balaban J connectivity index is 1.88. The number of nitrogens with one attached hydrogen (secondary N) is 2. The number of allylic oxidation sites excluding steroid dienone is 2. The molecule has 1 aliphatic heterocycles. The van der Waals surface area contributed by atoms with Gasteiger partial charge in [-0.15, -0.1) is 0 Å². The number of hydrogen-bond donors (Lipinski definition) is 2. The predicted octanol–water partition coefficient (Wildman–Crippen LogP) is 4.70. The van der Waals surface area contributed by atoms with Crippen LogP contribution in [0.15, 0.2) is 58.6 Å². The smallest absolute Gasteiger partial charge is 0.225 e. The van der Waals surface area contributed by atoms with Crippen LogP contribution in [0.4, 0.5) is 4.39 Å². The highest BCUT2D eigenvalue weighted by molar-refractivity contribution is 6.00. The minimum absolute atomic E-state index is 0.130. The van der Waals surface area contributed by atoms with E-state index in [0.29, 0.717) is 35.9 Å². The second kappa shape index (κ2) is 9.32. The lowest BCUT2D eigenvalue weighted by Gasteiger charge is -2.21. The second-order valence-electron chi connectivity index (χ2n) is 6.56. The molecule has 0 radical (unpaired) electrons. The van der Waals surface area contributed by atoms with Crippen LogP contribution in [0.5, 0.6) is 5.75 Å². The van der Waals surface area contributed by atoms with Gasteiger partial charge < -0.3 is 24.5 Å². The summed E-state index contributed by atoms with van der Waals surface area (Å²) in [6.07, 6.45) is 6.09. The zero-order valence-electron chi connectivity index (χ0n) is 17.1. The molecule has 154 valence electrons. The highest BCUT2D eigenvalue weighted by Gasteiger charge is 2.21. The SMILES string of the molecule is C/C=C1/C(Oc2ccc3[nH]c(C)cc3c2F)=NCN/C1=C/C(=C/OC)OCCC. The van der Waals surface area contributed by atoms with E-state index in [4.69, 9.17) is 14.2 Å². The van der Waals surface area contributed by atoms with E-state index in [-0.39, 0.29) is 5.75 Å². The quantitative estimate of drug-likeness (QED) is 0.691. The summed E-state index contributed by atoms with van der Waals surface area (Å²) in [6, 6.07) is 5.17. The van der Waals surface area contributed by atoms with Crippen LogP contribution < -0.4 is 10.1 Å². The van der Waals surface area contributed by atoms with Crippen LogP contribution in [0.1, 0.15) is 26.0 Å². The minimum atomic E-state index is -0.416. The Morgan fingerprint density at radius 1 is 1.34 bits per heavy atom. The Hall–Kier alpha value is -3.22. The summed E-state index contributed by atoms with van der Waals surface area (Å²) in [4.78, 5) is 7.50. The number of hydrogen-bond acceptors (Lipinski definition) is 5. The van der Waals surface area contributed by atoms with Gasteiger partial charge in [0, 0.05) is 22.7 Å². The average Bonchev–Trinajstić information content (AvgIpc) is 3.10. The Morgan fingerprint density at radius 3 is 2.90 bits per heavy atom. The van der Waals surface area contributed by atoms with Crippen LogP contribution >= 0.6 is 0 Å². The van der Waals surface area contributed by atoms with Crippen LogP contribution in [-0.2, 0) is 9.47 Å². The van der Waals surface area contributed by atoms with Crippen molar-refractivity contribution in [1.82, 2.24) is 10.3 Å². The molecule has 3 rings (SSSR count). The molecule has 1 aromatic carbocycles. The zero-order chi connectivity index (χ0) is 20.8. The summed E-state index contributed by atoms with van der Waals surface area (Å²) in [5.41, 5.74) is 3.09. The van der Waals surface area contributed by atoms with E-state index < -0.39 is 5.82 Å². The lowest BCUT2D eigenvalue weighted by atomic mass is 10.1. The molecule has 0 spiro atoms. The second-order valence-corrected chi connectivity index (χ2v) is 6.56. The molecule has 0 fully saturated rings. The van der Waals surface area contributed by atoms with Gasteiger partial charge in [-0.05, 0) is 38.5 Å². The van der Waals surface area contributed by atoms with Crippen LogP contribution in [-0.4, -0.2) is 31.3 Å².